The van der Waals surface area contributed by atoms with E-state index in [9.17, 15) is 0 Å². The molecule has 0 aliphatic heterocycles. The van der Waals surface area contributed by atoms with Crippen LogP contribution in [0.2, 0.25) is 0 Å². The van der Waals surface area contributed by atoms with Gasteiger partial charge in [0.2, 0.25) is 0 Å². The van der Waals surface area contributed by atoms with Crippen molar-refractivity contribution in [3.63, 3.8) is 0 Å². The normalized spacial score (nSPS) is 11.1. The molecule has 0 aromatic carbocycles. The summed E-state index contributed by atoms with van der Waals surface area (Å²) in [7, 11) is 4.44. The number of halogens is 1. The van der Waals surface area contributed by atoms with E-state index in [0.717, 1.165) is 17.6 Å². The van der Waals surface area contributed by atoms with Gasteiger partial charge in [-0.05, 0) is 6.42 Å². The second kappa shape index (κ2) is 9.90. The second-order valence-electron chi connectivity index (χ2n) is 4.07. The van der Waals surface area contributed by atoms with Gasteiger partial charge in [-0.15, -0.1) is 0 Å². The van der Waals surface area contributed by atoms with Crippen molar-refractivity contribution in [1.29, 1.82) is 0 Å². The largest absolute Gasteiger partial charge is 1.00 e. The van der Waals surface area contributed by atoms with Gasteiger partial charge in [-0.3, -0.25) is 0 Å². The number of rotatable bonds is 8. The Morgan fingerprint density at radius 2 is 1.79 bits per heavy atom. The van der Waals surface area contributed by atoms with Crippen LogP contribution in [0.3, 0.4) is 0 Å². The smallest absolute Gasteiger partial charge is 0.102 e. The minimum Gasteiger partial charge on any atom is -1.00 e. The summed E-state index contributed by atoms with van der Waals surface area (Å²) >= 11 is 0. The average molecular weight is 270 g/mol. The molecule has 14 heavy (non-hydrogen) atoms. The maximum absolute atomic E-state index is 8.51. The number of hydrogen-bond donors (Lipinski definition) is 1. The van der Waals surface area contributed by atoms with E-state index in [1.807, 2.05) is 0 Å². The fourth-order valence-corrected chi connectivity index (χ4v) is 1.18. The third-order valence-electron chi connectivity index (χ3n) is 2.19. The predicted octanol–water partition coefficient (Wildman–Crippen LogP) is -2.12. The predicted molar refractivity (Wildman–Crippen MR) is 54.7 cm³/mol. The van der Waals surface area contributed by atoms with Gasteiger partial charge in [0.05, 0.1) is 40.5 Å². The van der Waals surface area contributed by atoms with Crippen LogP contribution in [0.1, 0.15) is 19.8 Å². The van der Waals surface area contributed by atoms with Gasteiger partial charge >= 0.3 is 0 Å². The Labute approximate surface area is 98.4 Å². The molecule has 0 saturated carbocycles. The second-order valence-corrected chi connectivity index (χ2v) is 4.07. The maximum Gasteiger partial charge on any atom is 0.102 e. The molecule has 0 unspecified atom stereocenters. The van der Waals surface area contributed by atoms with Crippen LogP contribution in [-0.4, -0.2) is 56.6 Å². The van der Waals surface area contributed by atoms with Gasteiger partial charge in [0.1, 0.15) is 6.54 Å². The van der Waals surface area contributed by atoms with E-state index in [0.29, 0.717) is 6.61 Å². The molecule has 0 fully saturated rings. The van der Waals surface area contributed by atoms with E-state index in [-0.39, 0.29) is 23.6 Å². The summed E-state index contributed by atoms with van der Waals surface area (Å²) in [5, 5.41) is 8.51. The van der Waals surface area contributed by atoms with E-state index in [2.05, 4.69) is 21.0 Å². The molecule has 0 radical (unpaired) electrons. The lowest BCUT2D eigenvalue weighted by atomic mass is 10.3. The minimum atomic E-state index is 0. The van der Waals surface area contributed by atoms with E-state index >= 15 is 0 Å². The van der Waals surface area contributed by atoms with Crippen molar-refractivity contribution >= 4 is 0 Å². The van der Waals surface area contributed by atoms with E-state index in [1.165, 1.54) is 19.4 Å². The van der Waals surface area contributed by atoms with Crippen molar-refractivity contribution in [2.24, 2.45) is 0 Å². The van der Waals surface area contributed by atoms with Crippen LogP contribution < -0.4 is 17.0 Å². The van der Waals surface area contributed by atoms with Crippen molar-refractivity contribution in [1.82, 2.24) is 0 Å². The first kappa shape index (κ1) is 16.8. The molecular weight excluding hydrogens is 246 g/mol. The Morgan fingerprint density at radius 3 is 2.29 bits per heavy atom. The van der Waals surface area contributed by atoms with Crippen molar-refractivity contribution in [3.05, 3.63) is 0 Å². The zero-order chi connectivity index (χ0) is 10.2. The molecule has 0 amide bonds. The highest BCUT2D eigenvalue weighted by molar-refractivity contribution is 4.36. The first-order valence-corrected chi connectivity index (χ1v) is 5.13. The summed E-state index contributed by atoms with van der Waals surface area (Å²) in [5.41, 5.74) is 0. The topological polar surface area (TPSA) is 29.5 Å². The van der Waals surface area contributed by atoms with E-state index in [4.69, 9.17) is 9.84 Å². The lowest BCUT2D eigenvalue weighted by Gasteiger charge is -2.29. The number of unbranched alkanes of at least 4 members (excludes halogenated alkanes) is 1. The third-order valence-corrected chi connectivity index (χ3v) is 2.19. The molecular formula is C10H24BrNO2. The summed E-state index contributed by atoms with van der Waals surface area (Å²) in [6.07, 6.45) is 2.52. The average Bonchev–Trinajstić information content (AvgIpc) is 2.09. The SMILES string of the molecule is CCCC[N+](C)(C)CCOCCO.[Br-]. The Bertz CT molecular complexity index is 121. The summed E-state index contributed by atoms with van der Waals surface area (Å²) in [6, 6.07) is 0. The molecule has 0 aromatic rings. The molecule has 0 heterocycles. The Balaban J connectivity index is 0. The molecule has 3 nitrogen and oxygen atoms in total. The standard InChI is InChI=1S/C10H24NO2.BrH/c1-4-5-6-11(2,3)7-9-13-10-8-12;/h12H,4-10H2,1-3H3;1H/q+1;/p-1. The molecule has 0 bridgehead atoms. The number of aliphatic hydroxyl groups excluding tert-OH is 1. The monoisotopic (exact) mass is 269 g/mol. The van der Waals surface area contributed by atoms with Crippen molar-refractivity contribution in [2.45, 2.75) is 19.8 Å². The van der Waals surface area contributed by atoms with Gasteiger partial charge in [-0.2, -0.15) is 0 Å². The van der Waals surface area contributed by atoms with Crippen LogP contribution >= 0.6 is 0 Å². The fraction of sp³-hybridized carbons (Fsp3) is 1.00. The maximum atomic E-state index is 8.51. The van der Waals surface area contributed by atoms with Gasteiger partial charge in [-0.25, -0.2) is 0 Å². The molecule has 0 saturated heterocycles. The molecule has 0 rings (SSSR count). The van der Waals surface area contributed by atoms with E-state index < -0.39 is 0 Å². The Morgan fingerprint density at radius 1 is 1.14 bits per heavy atom. The number of quaternary nitrogens is 1. The van der Waals surface area contributed by atoms with Crippen LogP contribution in [0.25, 0.3) is 0 Å². The lowest BCUT2D eigenvalue weighted by molar-refractivity contribution is -0.890. The summed E-state index contributed by atoms with van der Waals surface area (Å²) < 4.78 is 6.25. The zero-order valence-corrected chi connectivity index (χ0v) is 11.2. The van der Waals surface area contributed by atoms with E-state index in [1.54, 1.807) is 0 Å². The van der Waals surface area contributed by atoms with Crippen molar-refractivity contribution in [3.8, 4) is 0 Å². The number of ether oxygens (including phenoxy) is 1. The molecule has 1 N–H and O–H groups in total. The van der Waals surface area contributed by atoms with Crippen LogP contribution in [-0.2, 0) is 4.74 Å². The highest BCUT2D eigenvalue weighted by atomic mass is 79.9. The number of likely N-dealkylation sites (N-methyl/N-ethyl adjacent to an activating group) is 1. The van der Waals surface area contributed by atoms with Gasteiger partial charge < -0.3 is 31.3 Å². The fourth-order valence-electron chi connectivity index (χ4n) is 1.18. The molecule has 0 aliphatic rings. The van der Waals surface area contributed by atoms with Crippen LogP contribution in [0.4, 0.5) is 0 Å². The van der Waals surface area contributed by atoms with Crippen LogP contribution in [0, 0.1) is 0 Å². The first-order valence-electron chi connectivity index (χ1n) is 5.13. The number of aliphatic hydroxyl groups is 1. The van der Waals surface area contributed by atoms with Gasteiger partial charge in [0.25, 0.3) is 0 Å². The van der Waals surface area contributed by atoms with Gasteiger partial charge in [0.15, 0.2) is 0 Å². The zero-order valence-electron chi connectivity index (χ0n) is 9.63. The summed E-state index contributed by atoms with van der Waals surface area (Å²) in [6.45, 7) is 5.79. The number of hydrogen-bond acceptors (Lipinski definition) is 2. The quantitative estimate of drug-likeness (QED) is 0.403. The van der Waals surface area contributed by atoms with Crippen LogP contribution in [0.5, 0.6) is 0 Å². The molecule has 0 atom stereocenters. The Hall–Kier alpha value is 0.360. The summed E-state index contributed by atoms with van der Waals surface area (Å²) in [4.78, 5) is 0. The highest BCUT2D eigenvalue weighted by Gasteiger charge is 2.12. The van der Waals surface area contributed by atoms with Gasteiger partial charge in [-0.1, -0.05) is 13.3 Å². The number of nitrogens with zero attached hydrogens (tertiary/aromatic N) is 1. The van der Waals surface area contributed by atoms with Crippen molar-refractivity contribution in [2.75, 3.05) is 47.0 Å². The van der Waals surface area contributed by atoms with Gasteiger partial charge in [0, 0.05) is 0 Å². The minimum absolute atomic E-state index is 0. The molecule has 0 aromatic heterocycles. The lowest BCUT2D eigenvalue weighted by Crippen LogP contribution is -3.00. The third kappa shape index (κ3) is 10.4. The summed E-state index contributed by atoms with van der Waals surface area (Å²) in [5.74, 6) is 0. The first-order chi connectivity index (χ1) is 6.12. The highest BCUT2D eigenvalue weighted by Crippen LogP contribution is 2.00. The molecule has 88 valence electrons. The molecule has 0 spiro atoms. The van der Waals surface area contributed by atoms with Crippen molar-refractivity contribution < 1.29 is 31.3 Å². The molecule has 4 heteroatoms. The Kier molecular flexibility index (Phi) is 11.9. The molecule has 0 aliphatic carbocycles. The van der Waals surface area contributed by atoms with Crippen LogP contribution in [0.15, 0.2) is 0 Å².